The lowest BCUT2D eigenvalue weighted by Gasteiger charge is -2.16. The number of hydrogen-bond donors (Lipinski definition) is 3. The third-order valence-electron chi connectivity index (χ3n) is 2.95. The van der Waals surface area contributed by atoms with Crippen molar-refractivity contribution < 1.29 is 19.1 Å². The molecule has 128 valence electrons. The molecule has 1 aromatic rings. The highest BCUT2D eigenvalue weighted by Crippen LogP contribution is 2.04. The normalized spacial score (nSPS) is 12.4. The lowest BCUT2D eigenvalue weighted by Crippen LogP contribution is -2.49. The van der Waals surface area contributed by atoms with Gasteiger partial charge in [-0.1, -0.05) is 30.3 Å². The van der Waals surface area contributed by atoms with Gasteiger partial charge in [0.15, 0.2) is 0 Å². The number of benzene rings is 1. The Morgan fingerprint density at radius 2 is 1.83 bits per heavy atom. The highest BCUT2D eigenvalue weighted by Gasteiger charge is 2.21. The number of carbonyl (C=O) groups is 3. The molecular formula is C15H22ClN3O4. The Bertz CT molecular complexity index is 523. The van der Waals surface area contributed by atoms with Crippen LogP contribution in [0.25, 0.3) is 0 Å². The molecule has 7 nitrogen and oxygen atoms in total. The van der Waals surface area contributed by atoms with Gasteiger partial charge >= 0.3 is 5.97 Å². The maximum Gasteiger partial charge on any atom is 0.306 e. The largest absolute Gasteiger partial charge is 0.461 e. The highest BCUT2D eigenvalue weighted by molar-refractivity contribution is 5.89. The number of amides is 2. The van der Waals surface area contributed by atoms with Gasteiger partial charge in [0, 0.05) is 6.42 Å². The van der Waals surface area contributed by atoms with Crippen molar-refractivity contribution in [3.8, 4) is 0 Å². The summed E-state index contributed by atoms with van der Waals surface area (Å²) in [4.78, 5) is 34.4. The molecule has 0 saturated carbocycles. The zero-order valence-corrected chi connectivity index (χ0v) is 13.7. The topological polar surface area (TPSA) is 125 Å². The van der Waals surface area contributed by atoms with Gasteiger partial charge in [-0.15, -0.1) is 12.4 Å². The van der Waals surface area contributed by atoms with Crippen molar-refractivity contribution >= 4 is 30.2 Å². The second-order valence-corrected chi connectivity index (χ2v) is 4.94. The summed E-state index contributed by atoms with van der Waals surface area (Å²) in [5.74, 6) is -1.68. The highest BCUT2D eigenvalue weighted by atomic mass is 35.5. The fourth-order valence-corrected chi connectivity index (χ4v) is 1.66. The summed E-state index contributed by atoms with van der Waals surface area (Å²) in [6, 6.07) is 7.52. The quantitative estimate of drug-likeness (QED) is 0.583. The summed E-state index contributed by atoms with van der Waals surface area (Å²) in [5.41, 5.74) is 11.5. The number of nitrogens with one attached hydrogen (secondary N) is 1. The Kier molecular flexibility index (Phi) is 9.60. The van der Waals surface area contributed by atoms with Gasteiger partial charge in [0.2, 0.25) is 11.8 Å². The minimum Gasteiger partial charge on any atom is -0.461 e. The molecule has 1 aromatic carbocycles. The van der Waals surface area contributed by atoms with E-state index in [2.05, 4.69) is 5.32 Å². The van der Waals surface area contributed by atoms with E-state index in [9.17, 15) is 14.4 Å². The van der Waals surface area contributed by atoms with E-state index < -0.39 is 29.9 Å². The van der Waals surface area contributed by atoms with Gasteiger partial charge in [0.25, 0.3) is 0 Å². The number of primary amides is 1. The summed E-state index contributed by atoms with van der Waals surface area (Å²) in [5, 5.41) is 2.40. The molecule has 5 N–H and O–H groups in total. The molecule has 0 saturated heterocycles. The van der Waals surface area contributed by atoms with Crippen molar-refractivity contribution in [3.63, 3.8) is 0 Å². The van der Waals surface area contributed by atoms with E-state index >= 15 is 0 Å². The average molecular weight is 344 g/mol. The van der Waals surface area contributed by atoms with Crippen LogP contribution in [0.1, 0.15) is 25.3 Å². The first-order valence-electron chi connectivity index (χ1n) is 6.95. The number of rotatable bonds is 8. The number of hydrogen-bond acceptors (Lipinski definition) is 5. The van der Waals surface area contributed by atoms with Gasteiger partial charge in [-0.2, -0.15) is 0 Å². The molecule has 0 aliphatic carbocycles. The Labute approximate surface area is 141 Å². The minimum absolute atomic E-state index is 0. The third-order valence-corrected chi connectivity index (χ3v) is 2.95. The van der Waals surface area contributed by atoms with Crippen LogP contribution < -0.4 is 16.8 Å². The maximum atomic E-state index is 11.7. The fraction of sp³-hybridized carbons (Fsp3) is 0.400. The lowest BCUT2D eigenvalue weighted by atomic mass is 10.1. The molecule has 0 aromatic heterocycles. The predicted molar refractivity (Wildman–Crippen MR) is 87.5 cm³/mol. The van der Waals surface area contributed by atoms with Crippen LogP contribution in [0.15, 0.2) is 30.3 Å². The molecule has 0 fully saturated rings. The van der Waals surface area contributed by atoms with Gasteiger partial charge in [0.05, 0.1) is 6.04 Å². The monoisotopic (exact) mass is 343 g/mol. The van der Waals surface area contributed by atoms with Crippen LogP contribution >= 0.6 is 12.4 Å². The van der Waals surface area contributed by atoms with Crippen LogP contribution in [0, 0.1) is 0 Å². The molecule has 1 rings (SSSR count). The first kappa shape index (κ1) is 20.9. The van der Waals surface area contributed by atoms with E-state index in [1.54, 1.807) is 0 Å². The van der Waals surface area contributed by atoms with Gasteiger partial charge in [-0.25, -0.2) is 0 Å². The summed E-state index contributed by atoms with van der Waals surface area (Å²) >= 11 is 0. The summed E-state index contributed by atoms with van der Waals surface area (Å²) in [6.45, 7) is 1.65. The molecule has 8 heteroatoms. The van der Waals surface area contributed by atoms with E-state index in [-0.39, 0.29) is 31.9 Å². The van der Waals surface area contributed by atoms with Crippen LogP contribution in [0.2, 0.25) is 0 Å². The summed E-state index contributed by atoms with van der Waals surface area (Å²) in [7, 11) is 0. The van der Waals surface area contributed by atoms with Crippen LogP contribution in [-0.2, 0) is 25.7 Å². The minimum atomic E-state index is -0.942. The smallest absolute Gasteiger partial charge is 0.306 e. The second-order valence-electron chi connectivity index (χ2n) is 4.94. The molecule has 0 aliphatic heterocycles. The zero-order valence-electron chi connectivity index (χ0n) is 12.9. The van der Waals surface area contributed by atoms with Gasteiger partial charge in [-0.05, 0) is 18.9 Å². The molecule has 0 heterocycles. The van der Waals surface area contributed by atoms with Crippen molar-refractivity contribution in [1.29, 1.82) is 0 Å². The van der Waals surface area contributed by atoms with Gasteiger partial charge < -0.3 is 21.5 Å². The van der Waals surface area contributed by atoms with Crippen molar-refractivity contribution in [2.45, 2.75) is 38.5 Å². The van der Waals surface area contributed by atoms with E-state index in [1.807, 2.05) is 30.3 Å². The maximum absolute atomic E-state index is 11.7. The van der Waals surface area contributed by atoms with Crippen LogP contribution in [0.4, 0.5) is 0 Å². The Balaban J connectivity index is 0.00000484. The molecule has 0 bridgehead atoms. The number of esters is 1. The SMILES string of the molecule is C[C@@H](N)C(=O)N[C@H](CCC(=O)OCc1ccccc1)C(N)=O.Cl. The molecule has 2 atom stereocenters. The van der Waals surface area contributed by atoms with Crippen molar-refractivity contribution in [2.24, 2.45) is 11.5 Å². The van der Waals surface area contributed by atoms with E-state index in [4.69, 9.17) is 16.2 Å². The van der Waals surface area contributed by atoms with Crippen molar-refractivity contribution in [1.82, 2.24) is 5.32 Å². The van der Waals surface area contributed by atoms with E-state index in [1.165, 1.54) is 6.92 Å². The average Bonchev–Trinajstić information content (AvgIpc) is 2.49. The van der Waals surface area contributed by atoms with Gasteiger partial charge in [-0.3, -0.25) is 14.4 Å². The third kappa shape index (κ3) is 8.18. The first-order valence-corrected chi connectivity index (χ1v) is 6.95. The molecule has 2 amide bonds. The predicted octanol–water partition coefficient (Wildman–Crippen LogP) is 0.249. The number of ether oxygens (including phenoxy) is 1. The molecule has 0 aliphatic rings. The second kappa shape index (κ2) is 10.6. The van der Waals surface area contributed by atoms with Crippen LogP contribution in [0.3, 0.4) is 0 Å². The van der Waals surface area contributed by atoms with Crippen molar-refractivity contribution in [2.75, 3.05) is 0 Å². The van der Waals surface area contributed by atoms with E-state index in [0.29, 0.717) is 0 Å². The van der Waals surface area contributed by atoms with E-state index in [0.717, 1.165) is 5.56 Å². The summed E-state index contributed by atoms with van der Waals surface area (Å²) in [6.07, 6.45) is 0.0427. The fourth-order valence-electron chi connectivity index (χ4n) is 1.66. The number of carbonyl (C=O) groups excluding carboxylic acids is 3. The Morgan fingerprint density at radius 3 is 2.35 bits per heavy atom. The molecular weight excluding hydrogens is 322 g/mol. The van der Waals surface area contributed by atoms with Gasteiger partial charge in [0.1, 0.15) is 12.6 Å². The summed E-state index contributed by atoms with van der Waals surface area (Å²) < 4.78 is 5.08. The number of halogens is 1. The molecule has 0 radical (unpaired) electrons. The standard InChI is InChI=1S/C15H21N3O4.ClH/c1-10(16)15(21)18-12(14(17)20)7-8-13(19)22-9-11-5-3-2-4-6-11;/h2-6,10,12H,7-9,16H2,1H3,(H2,17,20)(H,18,21);1H/t10-,12-;/m1./s1. The lowest BCUT2D eigenvalue weighted by molar-refractivity contribution is -0.145. The van der Waals surface area contributed by atoms with Crippen LogP contribution in [0.5, 0.6) is 0 Å². The molecule has 0 spiro atoms. The zero-order chi connectivity index (χ0) is 16.5. The van der Waals surface area contributed by atoms with Crippen molar-refractivity contribution in [3.05, 3.63) is 35.9 Å². The first-order chi connectivity index (χ1) is 10.4. The number of nitrogens with two attached hydrogens (primary N) is 2. The Hall–Kier alpha value is -2.12. The Morgan fingerprint density at radius 1 is 1.22 bits per heavy atom. The van der Waals surface area contributed by atoms with Crippen LogP contribution in [-0.4, -0.2) is 29.9 Å². The molecule has 23 heavy (non-hydrogen) atoms. The molecule has 0 unspecified atom stereocenters.